The predicted molar refractivity (Wildman–Crippen MR) is 98.6 cm³/mol. The average molecular weight is 363 g/mol. The maximum Gasteiger partial charge on any atom is 0.236 e. The summed E-state index contributed by atoms with van der Waals surface area (Å²) < 4.78 is 0. The van der Waals surface area contributed by atoms with E-state index < -0.39 is 0 Å². The summed E-state index contributed by atoms with van der Waals surface area (Å²) in [6.45, 7) is 2.56. The first kappa shape index (κ1) is 17.3. The van der Waals surface area contributed by atoms with Gasteiger partial charge in [-0.15, -0.1) is 0 Å². The van der Waals surface area contributed by atoms with Gasteiger partial charge in [-0.2, -0.15) is 0 Å². The van der Waals surface area contributed by atoms with E-state index >= 15 is 0 Å². The van der Waals surface area contributed by atoms with Crippen molar-refractivity contribution >= 4 is 29.1 Å². The van der Waals surface area contributed by atoms with E-state index in [9.17, 15) is 4.79 Å². The third-order valence-electron chi connectivity index (χ3n) is 4.35. The van der Waals surface area contributed by atoms with E-state index in [4.69, 9.17) is 23.2 Å². The van der Waals surface area contributed by atoms with Crippen LogP contribution in [0.3, 0.4) is 0 Å². The molecule has 0 unspecified atom stereocenters. The highest BCUT2D eigenvalue weighted by Gasteiger charge is 2.19. The lowest BCUT2D eigenvalue weighted by Crippen LogP contribution is -2.41. The Balaban J connectivity index is 1.45. The first-order chi connectivity index (χ1) is 11.6. The van der Waals surface area contributed by atoms with Crippen LogP contribution in [0.15, 0.2) is 42.5 Å². The van der Waals surface area contributed by atoms with Crippen molar-refractivity contribution in [2.75, 3.05) is 19.6 Å². The van der Waals surface area contributed by atoms with Crippen LogP contribution in [0.4, 0.5) is 0 Å². The second-order valence-electron chi connectivity index (χ2n) is 6.00. The first-order valence-electron chi connectivity index (χ1n) is 8.12. The summed E-state index contributed by atoms with van der Waals surface area (Å²) in [6.07, 6.45) is 1.70. The first-order valence-corrected chi connectivity index (χ1v) is 8.88. The zero-order valence-electron chi connectivity index (χ0n) is 13.4. The van der Waals surface area contributed by atoms with Gasteiger partial charge in [-0.3, -0.25) is 4.79 Å². The minimum atomic E-state index is 0.145. The van der Waals surface area contributed by atoms with Gasteiger partial charge in [-0.05, 0) is 48.2 Å². The van der Waals surface area contributed by atoms with Gasteiger partial charge in [0.2, 0.25) is 5.91 Å². The summed E-state index contributed by atoms with van der Waals surface area (Å²) >= 11 is 12.0. The van der Waals surface area contributed by atoms with Crippen molar-refractivity contribution in [3.05, 3.63) is 69.2 Å². The molecular weight excluding hydrogens is 343 g/mol. The fourth-order valence-corrected chi connectivity index (χ4v) is 3.47. The van der Waals surface area contributed by atoms with Crippen LogP contribution in [0, 0.1) is 0 Å². The van der Waals surface area contributed by atoms with Gasteiger partial charge in [-0.25, -0.2) is 0 Å². The number of rotatable bonds is 5. The minimum Gasteiger partial charge on any atom is -0.337 e. The molecule has 1 heterocycles. The highest BCUT2D eigenvalue weighted by molar-refractivity contribution is 6.35. The zero-order chi connectivity index (χ0) is 16.9. The standard InChI is InChI=1S/C19H20Cl2N2O/c20-17-6-5-15(18(21)11-17)7-9-22-12-19(24)23-10-8-14-3-1-2-4-16(14)13-23/h1-6,11,22H,7-10,12-13H2. The SMILES string of the molecule is O=C(CNCCc1ccc(Cl)cc1Cl)N1CCc2ccccc2C1. The van der Waals surface area contributed by atoms with Crippen LogP contribution in [0.25, 0.3) is 0 Å². The van der Waals surface area contributed by atoms with E-state index in [1.54, 1.807) is 6.07 Å². The molecule has 2 aromatic carbocycles. The molecule has 0 aromatic heterocycles. The van der Waals surface area contributed by atoms with Crippen molar-refractivity contribution in [2.24, 2.45) is 0 Å². The van der Waals surface area contributed by atoms with E-state index in [1.807, 2.05) is 23.1 Å². The quantitative estimate of drug-likeness (QED) is 0.822. The Kier molecular flexibility index (Phi) is 5.77. The summed E-state index contributed by atoms with van der Waals surface area (Å²) in [5, 5.41) is 4.52. The molecule has 0 bridgehead atoms. The molecule has 0 atom stereocenters. The Morgan fingerprint density at radius 1 is 1.12 bits per heavy atom. The average Bonchev–Trinajstić information content (AvgIpc) is 2.59. The second kappa shape index (κ2) is 8.02. The Hall–Kier alpha value is -1.55. The van der Waals surface area contributed by atoms with Crippen molar-refractivity contribution in [1.82, 2.24) is 10.2 Å². The molecule has 1 amide bonds. The van der Waals surface area contributed by atoms with E-state index in [0.29, 0.717) is 29.7 Å². The highest BCUT2D eigenvalue weighted by atomic mass is 35.5. The van der Waals surface area contributed by atoms with Crippen LogP contribution in [-0.2, 0) is 24.2 Å². The Labute approximate surface area is 152 Å². The molecule has 0 radical (unpaired) electrons. The molecular formula is C19H20Cl2N2O. The summed E-state index contributed by atoms with van der Waals surface area (Å²) in [5.41, 5.74) is 3.64. The molecule has 0 saturated carbocycles. The van der Waals surface area contributed by atoms with Gasteiger partial charge >= 0.3 is 0 Å². The van der Waals surface area contributed by atoms with Crippen molar-refractivity contribution in [1.29, 1.82) is 0 Å². The molecule has 24 heavy (non-hydrogen) atoms. The number of carbonyl (C=O) groups excluding carboxylic acids is 1. The summed E-state index contributed by atoms with van der Waals surface area (Å²) in [5.74, 6) is 0.145. The molecule has 1 N–H and O–H groups in total. The van der Waals surface area contributed by atoms with E-state index in [2.05, 4.69) is 23.5 Å². The van der Waals surface area contributed by atoms with Gasteiger partial charge < -0.3 is 10.2 Å². The lowest BCUT2D eigenvalue weighted by Gasteiger charge is -2.29. The number of nitrogens with zero attached hydrogens (tertiary/aromatic N) is 1. The van der Waals surface area contributed by atoms with Gasteiger partial charge in [0.15, 0.2) is 0 Å². The fraction of sp³-hybridized carbons (Fsp3) is 0.316. The number of hydrogen-bond donors (Lipinski definition) is 1. The largest absolute Gasteiger partial charge is 0.337 e. The number of fused-ring (bicyclic) bond motifs is 1. The third kappa shape index (κ3) is 4.29. The van der Waals surface area contributed by atoms with Crippen molar-refractivity contribution in [3.63, 3.8) is 0 Å². The van der Waals surface area contributed by atoms with Crippen LogP contribution in [0.5, 0.6) is 0 Å². The van der Waals surface area contributed by atoms with Gasteiger partial charge in [-0.1, -0.05) is 53.5 Å². The Morgan fingerprint density at radius 2 is 1.92 bits per heavy atom. The molecule has 0 fully saturated rings. The van der Waals surface area contributed by atoms with E-state index in [0.717, 1.165) is 24.9 Å². The maximum absolute atomic E-state index is 12.4. The zero-order valence-corrected chi connectivity index (χ0v) is 14.9. The Bertz CT molecular complexity index is 733. The number of nitrogens with one attached hydrogen (secondary N) is 1. The maximum atomic E-state index is 12.4. The molecule has 0 saturated heterocycles. The van der Waals surface area contributed by atoms with Gasteiger partial charge in [0.05, 0.1) is 6.54 Å². The topological polar surface area (TPSA) is 32.3 Å². The van der Waals surface area contributed by atoms with Crippen LogP contribution < -0.4 is 5.32 Å². The van der Waals surface area contributed by atoms with Gasteiger partial charge in [0.1, 0.15) is 0 Å². The monoisotopic (exact) mass is 362 g/mol. The van der Waals surface area contributed by atoms with Crippen molar-refractivity contribution < 1.29 is 4.79 Å². The lowest BCUT2D eigenvalue weighted by molar-refractivity contribution is -0.131. The van der Waals surface area contributed by atoms with Crippen LogP contribution in [-0.4, -0.2) is 30.4 Å². The number of hydrogen-bond acceptors (Lipinski definition) is 2. The number of carbonyl (C=O) groups is 1. The minimum absolute atomic E-state index is 0.145. The molecule has 2 aromatic rings. The normalized spacial score (nSPS) is 13.7. The fourth-order valence-electron chi connectivity index (χ4n) is 2.96. The Morgan fingerprint density at radius 3 is 2.71 bits per heavy atom. The van der Waals surface area contributed by atoms with E-state index in [-0.39, 0.29) is 5.91 Å². The predicted octanol–water partition coefficient (Wildman–Crippen LogP) is 3.71. The number of benzene rings is 2. The molecule has 1 aliphatic rings. The lowest BCUT2D eigenvalue weighted by atomic mass is 10.00. The van der Waals surface area contributed by atoms with E-state index in [1.165, 1.54) is 11.1 Å². The molecule has 0 aliphatic carbocycles. The molecule has 3 rings (SSSR count). The molecule has 0 spiro atoms. The highest BCUT2D eigenvalue weighted by Crippen LogP contribution is 2.21. The number of halogens is 2. The number of amides is 1. The molecule has 3 nitrogen and oxygen atoms in total. The van der Waals surface area contributed by atoms with Crippen molar-refractivity contribution in [3.8, 4) is 0 Å². The van der Waals surface area contributed by atoms with Crippen LogP contribution in [0.1, 0.15) is 16.7 Å². The summed E-state index contributed by atoms with van der Waals surface area (Å²) in [7, 11) is 0. The van der Waals surface area contributed by atoms with Crippen molar-refractivity contribution in [2.45, 2.75) is 19.4 Å². The molecule has 126 valence electrons. The molecule has 1 aliphatic heterocycles. The third-order valence-corrected chi connectivity index (χ3v) is 4.93. The van der Waals surface area contributed by atoms with Crippen LogP contribution in [0.2, 0.25) is 10.0 Å². The van der Waals surface area contributed by atoms with Crippen LogP contribution >= 0.6 is 23.2 Å². The van der Waals surface area contributed by atoms with Gasteiger partial charge in [0, 0.05) is 23.1 Å². The molecule has 5 heteroatoms. The smallest absolute Gasteiger partial charge is 0.236 e. The second-order valence-corrected chi connectivity index (χ2v) is 6.84. The summed E-state index contributed by atoms with van der Waals surface area (Å²) in [6, 6.07) is 13.8. The summed E-state index contributed by atoms with van der Waals surface area (Å²) in [4.78, 5) is 14.3. The van der Waals surface area contributed by atoms with Gasteiger partial charge in [0.25, 0.3) is 0 Å².